The number of amides is 1. The molecule has 0 spiro atoms. The normalized spacial score (nSPS) is 15.2. The fourth-order valence-electron chi connectivity index (χ4n) is 1.31. The van der Waals surface area contributed by atoms with Crippen molar-refractivity contribution in [3.63, 3.8) is 0 Å². The van der Waals surface area contributed by atoms with Crippen molar-refractivity contribution in [3.05, 3.63) is 0 Å². The van der Waals surface area contributed by atoms with Gasteiger partial charge in [0.25, 0.3) is 0 Å². The Morgan fingerprint density at radius 3 is 2.41 bits per heavy atom. The number of ether oxygens (including phenoxy) is 1. The van der Waals surface area contributed by atoms with E-state index in [9.17, 15) is 4.79 Å². The molecule has 0 aliphatic heterocycles. The summed E-state index contributed by atoms with van der Waals surface area (Å²) in [6.45, 7) is 10.0. The van der Waals surface area contributed by atoms with E-state index in [0.29, 0.717) is 6.54 Å². The number of hydrogen-bond acceptors (Lipinski definition) is 4. The number of carbonyl (C=O) groups excluding carboxylic acids is 1. The summed E-state index contributed by atoms with van der Waals surface area (Å²) < 4.78 is 5.12. The number of nitrogens with one attached hydrogen (secondary N) is 2. The van der Waals surface area contributed by atoms with Crippen LogP contribution >= 0.6 is 0 Å². The average molecular weight is 246 g/mol. The summed E-state index contributed by atoms with van der Waals surface area (Å²) in [5.41, 5.74) is -0.474. The standard InChI is InChI=1S/C12H26N2O3/c1-6-10(8-15)14-9(2)7-13-11(16)17-12(3,4)5/h9-10,14-15H,6-8H2,1-5H3,(H,13,16)/t9?,10-/m1/s1. The summed E-state index contributed by atoms with van der Waals surface area (Å²) in [5.74, 6) is 0. The van der Waals surface area contributed by atoms with Gasteiger partial charge in [-0.2, -0.15) is 0 Å². The highest BCUT2D eigenvalue weighted by Crippen LogP contribution is 2.06. The van der Waals surface area contributed by atoms with Crippen molar-refractivity contribution in [2.75, 3.05) is 13.2 Å². The molecule has 0 saturated carbocycles. The second-order valence-electron chi connectivity index (χ2n) is 5.24. The Bertz CT molecular complexity index is 222. The van der Waals surface area contributed by atoms with Gasteiger partial charge in [0.2, 0.25) is 0 Å². The van der Waals surface area contributed by atoms with E-state index in [-0.39, 0.29) is 18.7 Å². The lowest BCUT2D eigenvalue weighted by Crippen LogP contribution is -2.45. The number of rotatable bonds is 6. The molecule has 0 aromatic heterocycles. The van der Waals surface area contributed by atoms with Crippen LogP contribution in [0.5, 0.6) is 0 Å². The minimum absolute atomic E-state index is 0.0745. The van der Waals surface area contributed by atoms with Crippen LogP contribution in [0.25, 0.3) is 0 Å². The molecule has 102 valence electrons. The fraction of sp³-hybridized carbons (Fsp3) is 0.917. The maximum Gasteiger partial charge on any atom is 0.407 e. The Kier molecular flexibility index (Phi) is 7.15. The molecule has 5 nitrogen and oxygen atoms in total. The first-order valence-corrected chi connectivity index (χ1v) is 6.12. The van der Waals surface area contributed by atoms with Crippen LogP contribution in [-0.4, -0.2) is 42.0 Å². The first-order valence-electron chi connectivity index (χ1n) is 6.12. The van der Waals surface area contributed by atoms with Gasteiger partial charge in [-0.1, -0.05) is 6.92 Å². The Labute approximate surface area is 104 Å². The largest absolute Gasteiger partial charge is 0.444 e. The van der Waals surface area contributed by atoms with Crippen LogP contribution in [0.15, 0.2) is 0 Å². The highest BCUT2D eigenvalue weighted by molar-refractivity contribution is 5.67. The second-order valence-corrected chi connectivity index (χ2v) is 5.24. The Morgan fingerprint density at radius 1 is 1.41 bits per heavy atom. The topological polar surface area (TPSA) is 70.6 Å². The lowest BCUT2D eigenvalue weighted by Gasteiger charge is -2.23. The molecular weight excluding hydrogens is 220 g/mol. The number of alkyl carbamates (subject to hydrolysis) is 1. The van der Waals surface area contributed by atoms with Crippen LogP contribution in [0.3, 0.4) is 0 Å². The SMILES string of the molecule is CC[C@H](CO)NC(C)CNC(=O)OC(C)(C)C. The zero-order chi connectivity index (χ0) is 13.5. The zero-order valence-corrected chi connectivity index (χ0v) is 11.5. The number of carbonyl (C=O) groups is 1. The minimum Gasteiger partial charge on any atom is -0.444 e. The molecule has 3 N–H and O–H groups in total. The summed E-state index contributed by atoms with van der Waals surface area (Å²) >= 11 is 0. The Morgan fingerprint density at radius 2 is 2.00 bits per heavy atom. The molecule has 0 heterocycles. The quantitative estimate of drug-likeness (QED) is 0.660. The molecule has 0 fully saturated rings. The predicted molar refractivity (Wildman–Crippen MR) is 68.0 cm³/mol. The van der Waals surface area contributed by atoms with Crippen LogP contribution in [0.1, 0.15) is 41.0 Å². The number of hydrogen-bond donors (Lipinski definition) is 3. The maximum atomic E-state index is 11.4. The van der Waals surface area contributed by atoms with Gasteiger partial charge in [0.1, 0.15) is 5.60 Å². The Hall–Kier alpha value is -0.810. The number of aliphatic hydroxyl groups is 1. The van der Waals surface area contributed by atoms with Gasteiger partial charge < -0.3 is 20.5 Å². The molecule has 1 amide bonds. The van der Waals surface area contributed by atoms with Crippen molar-refractivity contribution in [1.82, 2.24) is 10.6 Å². The predicted octanol–water partition coefficient (Wildman–Crippen LogP) is 1.26. The van der Waals surface area contributed by atoms with Gasteiger partial charge in [0.15, 0.2) is 0 Å². The van der Waals surface area contributed by atoms with Gasteiger partial charge in [-0.15, -0.1) is 0 Å². The molecule has 0 radical (unpaired) electrons. The van der Waals surface area contributed by atoms with E-state index in [4.69, 9.17) is 9.84 Å². The van der Waals surface area contributed by atoms with Crippen LogP contribution in [-0.2, 0) is 4.74 Å². The third-order valence-corrected chi connectivity index (χ3v) is 2.18. The van der Waals surface area contributed by atoms with Crippen molar-refractivity contribution >= 4 is 6.09 Å². The summed E-state index contributed by atoms with van der Waals surface area (Å²) in [5, 5.41) is 14.9. The first-order chi connectivity index (χ1) is 7.78. The van der Waals surface area contributed by atoms with E-state index in [2.05, 4.69) is 10.6 Å². The van der Waals surface area contributed by atoms with Gasteiger partial charge in [-0.25, -0.2) is 4.79 Å². The molecule has 0 saturated heterocycles. The van der Waals surface area contributed by atoms with Gasteiger partial charge >= 0.3 is 6.09 Å². The zero-order valence-electron chi connectivity index (χ0n) is 11.5. The smallest absolute Gasteiger partial charge is 0.407 e. The van der Waals surface area contributed by atoms with E-state index in [1.807, 2.05) is 34.6 Å². The molecule has 0 aromatic rings. The van der Waals surface area contributed by atoms with E-state index in [1.165, 1.54) is 0 Å². The third-order valence-electron chi connectivity index (χ3n) is 2.18. The molecular formula is C12H26N2O3. The summed E-state index contributed by atoms with van der Waals surface area (Å²) in [6.07, 6.45) is 0.441. The van der Waals surface area contributed by atoms with Crippen molar-refractivity contribution in [3.8, 4) is 0 Å². The fourth-order valence-corrected chi connectivity index (χ4v) is 1.31. The first kappa shape index (κ1) is 16.2. The Balaban J connectivity index is 3.84. The summed E-state index contributed by atoms with van der Waals surface area (Å²) in [6, 6.07) is 0.171. The molecule has 0 aliphatic carbocycles. The maximum absolute atomic E-state index is 11.4. The monoisotopic (exact) mass is 246 g/mol. The lowest BCUT2D eigenvalue weighted by molar-refractivity contribution is 0.0522. The van der Waals surface area contributed by atoms with Crippen LogP contribution in [0.2, 0.25) is 0 Å². The van der Waals surface area contributed by atoms with Crippen molar-refractivity contribution in [1.29, 1.82) is 0 Å². The summed E-state index contributed by atoms with van der Waals surface area (Å²) in [7, 11) is 0. The highest BCUT2D eigenvalue weighted by atomic mass is 16.6. The molecule has 0 aliphatic rings. The molecule has 5 heteroatoms. The average Bonchev–Trinajstić information content (AvgIpc) is 2.20. The van der Waals surface area contributed by atoms with E-state index >= 15 is 0 Å². The molecule has 1 unspecified atom stereocenters. The van der Waals surface area contributed by atoms with E-state index in [0.717, 1.165) is 6.42 Å². The van der Waals surface area contributed by atoms with Gasteiger partial charge in [0, 0.05) is 18.6 Å². The van der Waals surface area contributed by atoms with Crippen molar-refractivity contribution < 1.29 is 14.6 Å². The molecule has 2 atom stereocenters. The van der Waals surface area contributed by atoms with Crippen molar-refractivity contribution in [2.24, 2.45) is 0 Å². The summed E-state index contributed by atoms with van der Waals surface area (Å²) in [4.78, 5) is 11.4. The van der Waals surface area contributed by atoms with Crippen LogP contribution in [0, 0.1) is 0 Å². The molecule has 0 rings (SSSR count). The molecule has 17 heavy (non-hydrogen) atoms. The molecule has 0 bridgehead atoms. The van der Waals surface area contributed by atoms with Crippen molar-refractivity contribution in [2.45, 2.75) is 58.7 Å². The third kappa shape index (κ3) is 8.94. The van der Waals surface area contributed by atoms with Gasteiger partial charge in [-0.3, -0.25) is 0 Å². The molecule has 0 aromatic carbocycles. The highest BCUT2D eigenvalue weighted by Gasteiger charge is 2.16. The minimum atomic E-state index is -0.474. The van der Waals surface area contributed by atoms with Gasteiger partial charge in [-0.05, 0) is 34.1 Å². The van der Waals surface area contributed by atoms with Crippen LogP contribution < -0.4 is 10.6 Å². The second kappa shape index (κ2) is 7.50. The van der Waals surface area contributed by atoms with Crippen LogP contribution in [0.4, 0.5) is 4.79 Å². The van der Waals surface area contributed by atoms with E-state index < -0.39 is 11.7 Å². The van der Waals surface area contributed by atoms with E-state index in [1.54, 1.807) is 0 Å². The van der Waals surface area contributed by atoms with Gasteiger partial charge in [0.05, 0.1) is 6.61 Å². The lowest BCUT2D eigenvalue weighted by atomic mass is 10.2. The number of aliphatic hydroxyl groups excluding tert-OH is 1.